The molecule has 5 nitrogen and oxygen atoms in total. The number of unbranched alkanes of at least 4 members (excludes halogenated alkanes) is 18. The fourth-order valence-electron chi connectivity index (χ4n) is 7.28. The molecule has 2 heterocycles. The summed E-state index contributed by atoms with van der Waals surface area (Å²) in [6.07, 6.45) is 47.7. The van der Waals surface area contributed by atoms with Crippen molar-refractivity contribution in [1.29, 1.82) is 0 Å². The van der Waals surface area contributed by atoms with E-state index >= 15 is 0 Å². The summed E-state index contributed by atoms with van der Waals surface area (Å²) in [7, 11) is 1.99. The number of nitrogens with zero attached hydrogens (tertiary/aromatic N) is 1. The number of aliphatic hydroxyl groups is 2. The molecule has 0 amide bonds. The minimum Gasteiger partial charge on any atom is -0.389 e. The van der Waals surface area contributed by atoms with Crippen molar-refractivity contribution >= 4 is 0 Å². The van der Waals surface area contributed by atoms with Crippen LogP contribution in [0.5, 0.6) is 0 Å². The zero-order valence-electron chi connectivity index (χ0n) is 32.4. The van der Waals surface area contributed by atoms with Crippen molar-refractivity contribution in [1.82, 2.24) is 4.90 Å². The van der Waals surface area contributed by atoms with E-state index in [1.165, 1.54) is 128 Å². The molecule has 2 rings (SSSR count). The van der Waals surface area contributed by atoms with Crippen LogP contribution >= 0.6 is 0 Å². The van der Waals surface area contributed by atoms with E-state index in [2.05, 4.69) is 67.4 Å². The summed E-state index contributed by atoms with van der Waals surface area (Å²) in [5, 5.41) is 21.5. The molecule has 2 saturated heterocycles. The minimum absolute atomic E-state index is 0.189. The summed E-state index contributed by atoms with van der Waals surface area (Å²) in [6.45, 7) is 5.65. The molecule has 2 aliphatic heterocycles. The number of hydrogen-bond acceptors (Lipinski definition) is 5. The van der Waals surface area contributed by atoms with Crippen molar-refractivity contribution in [3.05, 3.63) is 48.6 Å². The van der Waals surface area contributed by atoms with Crippen molar-refractivity contribution in [3.8, 4) is 0 Å². The topological polar surface area (TPSA) is 62.2 Å². The minimum atomic E-state index is -0.899. The second-order valence-corrected chi connectivity index (χ2v) is 15.1. The van der Waals surface area contributed by atoms with Gasteiger partial charge in [-0.05, 0) is 84.1 Å². The monoisotopic (exact) mass is 686 g/mol. The van der Waals surface area contributed by atoms with Crippen LogP contribution in [0.4, 0.5) is 0 Å². The van der Waals surface area contributed by atoms with Crippen LogP contribution in [-0.2, 0) is 9.47 Å². The summed E-state index contributed by atoms with van der Waals surface area (Å²) in [5.41, 5.74) is 0. The second kappa shape index (κ2) is 29.3. The Labute approximate surface area is 303 Å². The van der Waals surface area contributed by atoms with Crippen molar-refractivity contribution < 1.29 is 19.7 Å². The molecule has 0 aromatic rings. The van der Waals surface area contributed by atoms with E-state index < -0.39 is 24.1 Å². The third kappa shape index (κ3) is 21.0. The molecule has 2 N–H and O–H groups in total. The van der Waals surface area contributed by atoms with E-state index in [-0.39, 0.29) is 6.10 Å². The van der Waals surface area contributed by atoms with Gasteiger partial charge in [-0.25, -0.2) is 0 Å². The van der Waals surface area contributed by atoms with Gasteiger partial charge in [0.25, 0.3) is 0 Å². The molecular formula is C44H79NO4. The summed E-state index contributed by atoms with van der Waals surface area (Å²) in [5.74, 6) is -0.626. The number of hydrogen-bond donors (Lipinski definition) is 2. The maximum absolute atomic E-state index is 10.9. The Balaban J connectivity index is 1.64. The average molecular weight is 686 g/mol. The first-order chi connectivity index (χ1) is 24.0. The van der Waals surface area contributed by atoms with E-state index in [1.54, 1.807) is 0 Å². The number of ether oxygens (including phenoxy) is 2. The summed E-state index contributed by atoms with van der Waals surface area (Å²) < 4.78 is 13.3. The van der Waals surface area contributed by atoms with Crippen molar-refractivity contribution in [2.24, 2.45) is 0 Å². The van der Waals surface area contributed by atoms with Crippen LogP contribution in [0.1, 0.15) is 181 Å². The maximum atomic E-state index is 10.9. The molecule has 0 bridgehead atoms. The first-order valence-electron chi connectivity index (χ1n) is 21.0. The maximum Gasteiger partial charge on any atom is 0.169 e. The lowest BCUT2D eigenvalue weighted by atomic mass is 9.98. The highest BCUT2D eigenvalue weighted by atomic mass is 16.8. The molecule has 0 aliphatic carbocycles. The number of aliphatic hydroxyl groups excluding tert-OH is 2. The zero-order valence-corrected chi connectivity index (χ0v) is 32.4. The van der Waals surface area contributed by atoms with E-state index in [0.29, 0.717) is 13.1 Å². The lowest BCUT2D eigenvalue weighted by Crippen LogP contribution is -2.43. The molecule has 284 valence electrons. The van der Waals surface area contributed by atoms with Gasteiger partial charge in [0.1, 0.15) is 18.3 Å². The van der Waals surface area contributed by atoms with Crippen LogP contribution < -0.4 is 0 Å². The molecule has 2 fully saturated rings. The predicted molar refractivity (Wildman–Crippen MR) is 210 cm³/mol. The molecule has 2 aliphatic rings. The smallest absolute Gasteiger partial charge is 0.169 e. The van der Waals surface area contributed by atoms with Crippen LogP contribution in [0.3, 0.4) is 0 Å². The van der Waals surface area contributed by atoms with Crippen LogP contribution in [0.25, 0.3) is 0 Å². The fourth-order valence-corrected chi connectivity index (χ4v) is 7.28. The first kappa shape index (κ1) is 43.9. The van der Waals surface area contributed by atoms with E-state index in [1.807, 2.05) is 7.05 Å². The van der Waals surface area contributed by atoms with Gasteiger partial charge < -0.3 is 24.6 Å². The van der Waals surface area contributed by atoms with Crippen LogP contribution in [0.2, 0.25) is 0 Å². The van der Waals surface area contributed by atoms with Gasteiger partial charge in [-0.3, -0.25) is 0 Å². The number of allylic oxidation sites excluding steroid dienone is 8. The van der Waals surface area contributed by atoms with E-state index in [0.717, 1.165) is 38.5 Å². The molecule has 5 heteroatoms. The molecule has 0 unspecified atom stereocenters. The summed E-state index contributed by atoms with van der Waals surface area (Å²) in [6, 6.07) is 0. The molecule has 0 aromatic heterocycles. The summed E-state index contributed by atoms with van der Waals surface area (Å²) in [4.78, 5) is 2.07. The highest BCUT2D eigenvalue weighted by Crippen LogP contribution is 2.40. The Morgan fingerprint density at radius 2 is 0.939 bits per heavy atom. The number of fused-ring (bicyclic) bond motifs is 1. The third-order valence-electron chi connectivity index (χ3n) is 10.3. The normalized spacial score (nSPS) is 23.1. The third-order valence-corrected chi connectivity index (χ3v) is 10.3. The Hall–Kier alpha value is -1.24. The standard InChI is InChI=1S/C44H79NO4/c1-4-6-8-10-12-14-16-18-20-22-24-26-28-30-32-34-36-44(48-41-39-45(3)38-40(46)42(47)43(41)49-44)37-35-33-31-29-27-25-23-21-19-17-15-13-11-9-7-5-2/h12-15,18-21,40-43,46-47H,4-11,16-17,22-39H2,1-3H3/b14-12-,15-13-,20-18-,21-19-/t40-,41-,42-,43-/m1/s1. The Morgan fingerprint density at radius 3 is 1.39 bits per heavy atom. The SMILES string of the molecule is CCCCC/C=C\C/C=C\CCCCCCCCC1(CCCCCCCC/C=C\C/C=C\CCCCC)O[C@H]2[C@H](O)[C@H](O)CN(C)C[C@H]2O1. The van der Waals surface area contributed by atoms with Gasteiger partial charge in [0.05, 0.1) is 6.10 Å². The lowest BCUT2D eigenvalue weighted by molar-refractivity contribution is -0.201. The van der Waals surface area contributed by atoms with E-state index in [4.69, 9.17) is 9.47 Å². The second-order valence-electron chi connectivity index (χ2n) is 15.1. The van der Waals surface area contributed by atoms with Crippen molar-refractivity contribution in [2.45, 2.75) is 211 Å². The van der Waals surface area contributed by atoms with E-state index in [9.17, 15) is 10.2 Å². The largest absolute Gasteiger partial charge is 0.389 e. The van der Waals surface area contributed by atoms with Gasteiger partial charge in [-0.2, -0.15) is 0 Å². The Kier molecular flexibility index (Phi) is 26.3. The fraction of sp³-hybridized carbons (Fsp3) is 0.818. The molecule has 49 heavy (non-hydrogen) atoms. The van der Waals surface area contributed by atoms with Gasteiger partial charge in [0.2, 0.25) is 0 Å². The van der Waals surface area contributed by atoms with Crippen molar-refractivity contribution in [3.63, 3.8) is 0 Å². The Morgan fingerprint density at radius 1 is 0.531 bits per heavy atom. The number of likely N-dealkylation sites (N-methyl/N-ethyl adjacent to an activating group) is 1. The average Bonchev–Trinajstić information content (AvgIpc) is 3.40. The van der Waals surface area contributed by atoms with Gasteiger partial charge in [-0.1, -0.05) is 140 Å². The van der Waals surface area contributed by atoms with Crippen LogP contribution in [0.15, 0.2) is 48.6 Å². The van der Waals surface area contributed by atoms with Gasteiger partial charge in [-0.15, -0.1) is 0 Å². The lowest BCUT2D eigenvalue weighted by Gasteiger charge is -2.31. The number of likely N-dealkylation sites (tertiary alicyclic amines) is 1. The van der Waals surface area contributed by atoms with Crippen LogP contribution in [0, 0.1) is 0 Å². The van der Waals surface area contributed by atoms with Gasteiger partial charge in [0.15, 0.2) is 5.79 Å². The quantitative estimate of drug-likeness (QED) is 0.0582. The molecule has 0 spiro atoms. The summed E-state index contributed by atoms with van der Waals surface area (Å²) >= 11 is 0. The van der Waals surface area contributed by atoms with Crippen molar-refractivity contribution in [2.75, 3.05) is 20.1 Å². The molecule has 0 aromatic carbocycles. The zero-order chi connectivity index (χ0) is 35.3. The highest BCUT2D eigenvalue weighted by molar-refractivity contribution is 4.97. The van der Waals surface area contributed by atoms with Crippen LogP contribution in [-0.4, -0.2) is 65.5 Å². The number of rotatable bonds is 30. The first-order valence-corrected chi connectivity index (χ1v) is 21.0. The molecule has 0 radical (unpaired) electrons. The van der Waals surface area contributed by atoms with Gasteiger partial charge in [0, 0.05) is 25.9 Å². The number of β-amino-alcohol motifs (C(OH)–C–C–N with tert-alkyl or cyclic N) is 1. The highest BCUT2D eigenvalue weighted by Gasteiger charge is 2.52. The molecule has 4 atom stereocenters. The predicted octanol–water partition coefficient (Wildman–Crippen LogP) is 11.5. The molecular weight excluding hydrogens is 606 g/mol. The molecule has 0 saturated carbocycles. The Bertz CT molecular complexity index is 834. The van der Waals surface area contributed by atoms with Gasteiger partial charge >= 0.3 is 0 Å².